The van der Waals surface area contributed by atoms with E-state index in [1.54, 1.807) is 19.1 Å². The molecule has 21 heavy (non-hydrogen) atoms. The fraction of sp³-hybridized carbons (Fsp3) is 0.500. The number of imide groups is 1. The van der Waals surface area contributed by atoms with Crippen LogP contribution in [0, 0.1) is 17.2 Å². The highest BCUT2D eigenvalue weighted by Gasteiger charge is 2.49. The topological polar surface area (TPSA) is 63.4 Å². The quantitative estimate of drug-likeness (QED) is 0.865. The molecule has 1 unspecified atom stereocenters. The molecule has 1 atom stereocenters. The molecule has 1 aliphatic heterocycles. The summed E-state index contributed by atoms with van der Waals surface area (Å²) in [5.41, 5.74) is 5.79. The molecule has 0 aliphatic carbocycles. The van der Waals surface area contributed by atoms with Gasteiger partial charge in [-0.1, -0.05) is 26.0 Å². The molecule has 1 aromatic carbocycles. The maximum atomic E-state index is 14.0. The first-order valence-corrected chi connectivity index (χ1v) is 7.11. The third-order valence-corrected chi connectivity index (χ3v) is 4.51. The van der Waals surface area contributed by atoms with E-state index in [0.717, 1.165) is 0 Å². The van der Waals surface area contributed by atoms with Crippen molar-refractivity contribution in [1.29, 1.82) is 0 Å². The van der Waals surface area contributed by atoms with Crippen LogP contribution in [0.2, 0.25) is 0 Å². The van der Waals surface area contributed by atoms with Crippen molar-refractivity contribution in [3.05, 3.63) is 35.1 Å². The summed E-state index contributed by atoms with van der Waals surface area (Å²) in [5.74, 6) is -0.830. The average molecular weight is 292 g/mol. The Kier molecular flexibility index (Phi) is 4.14. The van der Waals surface area contributed by atoms with Crippen molar-refractivity contribution in [2.45, 2.75) is 40.3 Å². The number of nitrogens with zero attached hydrogens (tertiary/aromatic N) is 1. The van der Waals surface area contributed by atoms with E-state index in [1.165, 1.54) is 11.0 Å². The lowest BCUT2D eigenvalue weighted by Crippen LogP contribution is -2.36. The number of likely N-dealkylation sites (tertiary alicyclic amines) is 1. The number of nitrogens with two attached hydrogens (primary N) is 1. The van der Waals surface area contributed by atoms with Gasteiger partial charge in [-0.25, -0.2) is 4.39 Å². The molecule has 4 nitrogen and oxygen atoms in total. The van der Waals surface area contributed by atoms with Gasteiger partial charge in [0.1, 0.15) is 5.82 Å². The second-order valence-corrected chi connectivity index (χ2v) is 6.16. The van der Waals surface area contributed by atoms with Crippen LogP contribution in [0.5, 0.6) is 0 Å². The van der Waals surface area contributed by atoms with Crippen LogP contribution in [0.1, 0.15) is 38.3 Å². The van der Waals surface area contributed by atoms with E-state index < -0.39 is 11.2 Å². The number of amides is 2. The Morgan fingerprint density at radius 3 is 2.52 bits per heavy atom. The van der Waals surface area contributed by atoms with E-state index in [9.17, 15) is 14.0 Å². The molecule has 0 radical (unpaired) electrons. The lowest BCUT2D eigenvalue weighted by atomic mass is 9.78. The van der Waals surface area contributed by atoms with Gasteiger partial charge in [0.2, 0.25) is 11.8 Å². The second-order valence-electron chi connectivity index (χ2n) is 6.16. The Bertz CT molecular complexity index is 586. The van der Waals surface area contributed by atoms with Crippen LogP contribution < -0.4 is 5.73 Å². The van der Waals surface area contributed by atoms with Gasteiger partial charge in [0.05, 0.1) is 12.0 Å². The summed E-state index contributed by atoms with van der Waals surface area (Å²) in [4.78, 5) is 25.8. The largest absolute Gasteiger partial charge is 0.326 e. The van der Waals surface area contributed by atoms with Crippen molar-refractivity contribution in [3.8, 4) is 0 Å². The summed E-state index contributed by atoms with van der Waals surface area (Å²) in [5, 5.41) is 0. The third-order valence-electron chi connectivity index (χ3n) is 4.51. The zero-order valence-electron chi connectivity index (χ0n) is 12.6. The first kappa shape index (κ1) is 15.6. The highest BCUT2D eigenvalue weighted by atomic mass is 19.1. The summed E-state index contributed by atoms with van der Waals surface area (Å²) < 4.78 is 14.0. The Morgan fingerprint density at radius 1 is 1.38 bits per heavy atom. The van der Waals surface area contributed by atoms with E-state index in [4.69, 9.17) is 5.73 Å². The first-order valence-electron chi connectivity index (χ1n) is 7.11. The second kappa shape index (κ2) is 5.56. The van der Waals surface area contributed by atoms with Crippen LogP contribution in [-0.2, 0) is 22.7 Å². The minimum Gasteiger partial charge on any atom is -0.326 e. The fourth-order valence-electron chi connectivity index (χ4n) is 2.53. The monoisotopic (exact) mass is 292 g/mol. The number of rotatable bonds is 4. The van der Waals surface area contributed by atoms with Gasteiger partial charge in [0.15, 0.2) is 0 Å². The number of hydrogen-bond acceptors (Lipinski definition) is 3. The zero-order chi connectivity index (χ0) is 15.8. The van der Waals surface area contributed by atoms with E-state index in [2.05, 4.69) is 0 Å². The number of halogens is 1. The van der Waals surface area contributed by atoms with Gasteiger partial charge in [-0.05, 0) is 24.5 Å². The molecule has 1 saturated heterocycles. The molecule has 1 heterocycles. The van der Waals surface area contributed by atoms with Crippen LogP contribution in [0.15, 0.2) is 18.2 Å². The number of carbonyl (C=O) groups excluding carboxylic acids is 2. The standard InChI is InChI=1S/C16H21FN2O2/c1-10(2)16(3)7-14(20)19(15(16)21)9-12-5-4-11(8-18)6-13(12)17/h4-6,10H,7-9,18H2,1-3H3. The van der Waals surface area contributed by atoms with Crippen LogP contribution in [0.25, 0.3) is 0 Å². The van der Waals surface area contributed by atoms with Crippen molar-refractivity contribution in [1.82, 2.24) is 4.90 Å². The van der Waals surface area contributed by atoms with E-state index in [-0.39, 0.29) is 37.2 Å². The normalized spacial score (nSPS) is 22.5. The molecule has 114 valence electrons. The molecule has 2 rings (SSSR count). The predicted octanol–water partition coefficient (Wildman–Crippen LogP) is 2.21. The van der Waals surface area contributed by atoms with Crippen molar-refractivity contribution < 1.29 is 14.0 Å². The Labute approximate surface area is 124 Å². The van der Waals surface area contributed by atoms with Gasteiger partial charge in [-0.15, -0.1) is 0 Å². The van der Waals surface area contributed by atoms with Crippen molar-refractivity contribution in [2.24, 2.45) is 17.1 Å². The van der Waals surface area contributed by atoms with E-state index in [0.29, 0.717) is 11.1 Å². The van der Waals surface area contributed by atoms with Gasteiger partial charge in [-0.2, -0.15) is 0 Å². The molecule has 0 saturated carbocycles. The summed E-state index contributed by atoms with van der Waals surface area (Å²) in [6.07, 6.45) is 0.187. The molecule has 2 amide bonds. The lowest BCUT2D eigenvalue weighted by Gasteiger charge is -2.26. The highest BCUT2D eigenvalue weighted by Crippen LogP contribution is 2.39. The lowest BCUT2D eigenvalue weighted by molar-refractivity contribution is -0.142. The molecule has 0 spiro atoms. The number of carbonyl (C=O) groups is 2. The molecular weight excluding hydrogens is 271 g/mol. The van der Waals surface area contributed by atoms with E-state index in [1.807, 2.05) is 13.8 Å². The van der Waals surface area contributed by atoms with Gasteiger partial charge in [0, 0.05) is 18.5 Å². The Morgan fingerprint density at radius 2 is 2.05 bits per heavy atom. The summed E-state index contributed by atoms with van der Waals surface area (Å²) in [7, 11) is 0. The van der Waals surface area contributed by atoms with Crippen LogP contribution in [0.3, 0.4) is 0 Å². The number of benzene rings is 1. The average Bonchev–Trinajstić information content (AvgIpc) is 2.65. The SMILES string of the molecule is CC(C)C1(C)CC(=O)N(Cc2ccc(CN)cc2F)C1=O. The van der Waals surface area contributed by atoms with Gasteiger partial charge in [-0.3, -0.25) is 14.5 Å². The first-order chi connectivity index (χ1) is 9.79. The Hall–Kier alpha value is -1.75. The number of hydrogen-bond donors (Lipinski definition) is 1. The minimum atomic E-state index is -0.690. The maximum absolute atomic E-state index is 14.0. The molecule has 2 N–H and O–H groups in total. The van der Waals surface area contributed by atoms with Crippen molar-refractivity contribution in [3.63, 3.8) is 0 Å². The minimum absolute atomic E-state index is 0.0172. The van der Waals surface area contributed by atoms with Crippen LogP contribution in [0.4, 0.5) is 4.39 Å². The smallest absolute Gasteiger partial charge is 0.236 e. The molecule has 1 aliphatic rings. The third kappa shape index (κ3) is 2.70. The van der Waals surface area contributed by atoms with Gasteiger partial charge < -0.3 is 5.73 Å². The van der Waals surface area contributed by atoms with Gasteiger partial charge >= 0.3 is 0 Å². The molecule has 1 aromatic rings. The maximum Gasteiger partial charge on any atom is 0.236 e. The Balaban J connectivity index is 2.24. The summed E-state index contributed by atoms with van der Waals surface area (Å²) >= 11 is 0. The fourth-order valence-corrected chi connectivity index (χ4v) is 2.53. The van der Waals surface area contributed by atoms with Crippen LogP contribution >= 0.6 is 0 Å². The van der Waals surface area contributed by atoms with Crippen molar-refractivity contribution >= 4 is 11.8 Å². The molecular formula is C16H21FN2O2. The summed E-state index contributed by atoms with van der Waals surface area (Å²) in [6.45, 7) is 5.88. The molecule has 5 heteroatoms. The molecule has 0 aromatic heterocycles. The predicted molar refractivity (Wildman–Crippen MR) is 77.4 cm³/mol. The van der Waals surface area contributed by atoms with Crippen LogP contribution in [-0.4, -0.2) is 16.7 Å². The summed E-state index contributed by atoms with van der Waals surface area (Å²) in [6, 6.07) is 4.65. The highest BCUT2D eigenvalue weighted by molar-refractivity contribution is 6.05. The molecule has 1 fully saturated rings. The molecule has 0 bridgehead atoms. The van der Waals surface area contributed by atoms with E-state index >= 15 is 0 Å². The zero-order valence-corrected chi connectivity index (χ0v) is 12.6. The van der Waals surface area contributed by atoms with Crippen molar-refractivity contribution in [2.75, 3.05) is 0 Å². The van der Waals surface area contributed by atoms with Gasteiger partial charge in [0.25, 0.3) is 0 Å².